The van der Waals surface area contributed by atoms with Crippen molar-refractivity contribution in [1.29, 1.82) is 0 Å². The van der Waals surface area contributed by atoms with Gasteiger partial charge in [0.25, 0.3) is 0 Å². The maximum absolute atomic E-state index is 14.0. The SMILES string of the molecule is O=c1[nH]nc(CN2CCOC(O[C@@H](CO)c3cc(F)cc(C(F)(F)F)c3)C2c2ccc(F)cc2)[nH]1. The highest BCUT2D eigenvalue weighted by atomic mass is 19.4. The van der Waals surface area contributed by atoms with Gasteiger partial charge in [0.15, 0.2) is 6.29 Å². The molecule has 1 aromatic heterocycles. The maximum atomic E-state index is 14.0. The van der Waals surface area contributed by atoms with Gasteiger partial charge in [-0.15, -0.1) is 0 Å². The fourth-order valence-corrected chi connectivity index (χ4v) is 3.93. The van der Waals surface area contributed by atoms with E-state index in [1.165, 1.54) is 24.3 Å². The molecular formula is C22H21F5N4O4. The Morgan fingerprint density at radius 1 is 1.17 bits per heavy atom. The first-order valence-electron chi connectivity index (χ1n) is 10.5. The average Bonchev–Trinajstić information content (AvgIpc) is 3.22. The van der Waals surface area contributed by atoms with Crippen LogP contribution in [0.3, 0.4) is 0 Å². The van der Waals surface area contributed by atoms with Crippen LogP contribution >= 0.6 is 0 Å². The Labute approximate surface area is 195 Å². The normalized spacial score (nSPS) is 20.2. The predicted molar refractivity (Wildman–Crippen MR) is 111 cm³/mol. The molecule has 1 aliphatic rings. The van der Waals surface area contributed by atoms with Crippen molar-refractivity contribution in [1.82, 2.24) is 20.1 Å². The van der Waals surface area contributed by atoms with Crippen LogP contribution in [-0.4, -0.2) is 51.2 Å². The summed E-state index contributed by atoms with van der Waals surface area (Å²) in [5.41, 5.74) is -1.42. The third-order valence-electron chi connectivity index (χ3n) is 5.51. The number of rotatable bonds is 7. The lowest BCUT2D eigenvalue weighted by atomic mass is 10.0. The molecule has 2 aromatic carbocycles. The number of halogens is 5. The Bertz CT molecular complexity index is 1200. The van der Waals surface area contributed by atoms with E-state index in [0.29, 0.717) is 30.1 Å². The van der Waals surface area contributed by atoms with E-state index < -0.39 is 54.1 Å². The fraction of sp³-hybridized carbons (Fsp3) is 0.364. The van der Waals surface area contributed by atoms with E-state index in [2.05, 4.69) is 15.2 Å². The highest BCUT2D eigenvalue weighted by Gasteiger charge is 2.38. The molecule has 2 unspecified atom stereocenters. The second-order valence-corrected chi connectivity index (χ2v) is 7.91. The first-order chi connectivity index (χ1) is 16.6. The van der Waals surface area contributed by atoms with E-state index in [9.17, 15) is 31.9 Å². The van der Waals surface area contributed by atoms with E-state index in [1.807, 2.05) is 4.90 Å². The molecule has 4 rings (SSSR count). The van der Waals surface area contributed by atoms with Crippen molar-refractivity contribution in [2.45, 2.75) is 31.2 Å². The van der Waals surface area contributed by atoms with Gasteiger partial charge in [0.05, 0.1) is 31.4 Å². The summed E-state index contributed by atoms with van der Waals surface area (Å²) in [7, 11) is 0. The number of nitrogens with zero attached hydrogens (tertiary/aromatic N) is 2. The van der Waals surface area contributed by atoms with Crippen LogP contribution in [-0.2, 0) is 22.2 Å². The van der Waals surface area contributed by atoms with Crippen LogP contribution in [0.4, 0.5) is 22.0 Å². The zero-order valence-electron chi connectivity index (χ0n) is 18.1. The summed E-state index contributed by atoms with van der Waals surface area (Å²) in [5, 5.41) is 16.0. The molecule has 1 aliphatic heterocycles. The molecule has 3 aromatic rings. The van der Waals surface area contributed by atoms with Crippen LogP contribution in [0.2, 0.25) is 0 Å². The zero-order chi connectivity index (χ0) is 25.2. The van der Waals surface area contributed by atoms with Crippen LogP contribution in [0.1, 0.15) is 34.7 Å². The lowest BCUT2D eigenvalue weighted by Gasteiger charge is -2.41. The number of aromatic nitrogens is 3. The Balaban J connectivity index is 1.65. The van der Waals surface area contributed by atoms with Gasteiger partial charge < -0.3 is 14.6 Å². The van der Waals surface area contributed by atoms with Crippen molar-refractivity contribution < 1.29 is 36.5 Å². The molecule has 3 atom stereocenters. The number of aliphatic hydroxyl groups is 1. The molecule has 0 aliphatic carbocycles. The highest BCUT2D eigenvalue weighted by molar-refractivity contribution is 5.29. The molecule has 0 bridgehead atoms. The lowest BCUT2D eigenvalue weighted by molar-refractivity contribution is -0.238. The van der Waals surface area contributed by atoms with E-state index >= 15 is 0 Å². The van der Waals surface area contributed by atoms with Gasteiger partial charge in [-0.05, 0) is 41.5 Å². The van der Waals surface area contributed by atoms with Gasteiger partial charge in [-0.3, -0.25) is 9.88 Å². The fourth-order valence-electron chi connectivity index (χ4n) is 3.93. The van der Waals surface area contributed by atoms with E-state index in [0.717, 1.165) is 6.07 Å². The summed E-state index contributed by atoms with van der Waals surface area (Å²) in [5.74, 6) is -1.32. The number of H-pyrrole nitrogens is 2. The van der Waals surface area contributed by atoms with Gasteiger partial charge in [0, 0.05) is 6.54 Å². The van der Waals surface area contributed by atoms with Crippen LogP contribution in [0, 0.1) is 11.6 Å². The number of ether oxygens (including phenoxy) is 2. The van der Waals surface area contributed by atoms with Crippen LogP contribution in [0.25, 0.3) is 0 Å². The summed E-state index contributed by atoms with van der Waals surface area (Å²) in [6, 6.07) is 6.59. The van der Waals surface area contributed by atoms with Crippen LogP contribution in [0.15, 0.2) is 47.3 Å². The Morgan fingerprint density at radius 2 is 1.91 bits per heavy atom. The van der Waals surface area contributed by atoms with E-state index in [-0.39, 0.29) is 18.7 Å². The van der Waals surface area contributed by atoms with Crippen LogP contribution in [0.5, 0.6) is 0 Å². The number of aliphatic hydroxyl groups excluding tert-OH is 1. The number of morpholine rings is 1. The molecule has 188 valence electrons. The topological polar surface area (TPSA) is 103 Å². The first kappa shape index (κ1) is 25.0. The number of aromatic amines is 2. The van der Waals surface area contributed by atoms with Gasteiger partial charge in [0.2, 0.25) is 0 Å². The molecule has 8 nitrogen and oxygen atoms in total. The number of alkyl halides is 3. The van der Waals surface area contributed by atoms with E-state index in [4.69, 9.17) is 9.47 Å². The molecule has 0 amide bonds. The molecule has 0 spiro atoms. The van der Waals surface area contributed by atoms with Gasteiger partial charge in [0.1, 0.15) is 23.6 Å². The van der Waals surface area contributed by atoms with Crippen molar-refractivity contribution in [3.63, 3.8) is 0 Å². The number of nitrogens with one attached hydrogen (secondary N) is 2. The highest BCUT2D eigenvalue weighted by Crippen LogP contribution is 2.36. The minimum atomic E-state index is -4.80. The third-order valence-corrected chi connectivity index (χ3v) is 5.51. The number of benzene rings is 2. The molecule has 3 N–H and O–H groups in total. The first-order valence-corrected chi connectivity index (χ1v) is 10.5. The van der Waals surface area contributed by atoms with Crippen molar-refractivity contribution in [2.24, 2.45) is 0 Å². The molecule has 13 heteroatoms. The largest absolute Gasteiger partial charge is 0.416 e. The summed E-state index contributed by atoms with van der Waals surface area (Å²) in [6.07, 6.45) is -7.30. The van der Waals surface area contributed by atoms with Crippen molar-refractivity contribution in [3.8, 4) is 0 Å². The summed E-state index contributed by atoms with van der Waals surface area (Å²) in [4.78, 5) is 15.8. The van der Waals surface area contributed by atoms with E-state index in [1.54, 1.807) is 0 Å². The van der Waals surface area contributed by atoms with Gasteiger partial charge >= 0.3 is 11.9 Å². The Morgan fingerprint density at radius 3 is 2.54 bits per heavy atom. The molecule has 1 saturated heterocycles. The van der Waals surface area contributed by atoms with Crippen molar-refractivity contribution in [2.75, 3.05) is 19.8 Å². The molecule has 1 fully saturated rings. The monoisotopic (exact) mass is 500 g/mol. The second-order valence-electron chi connectivity index (χ2n) is 7.91. The minimum absolute atomic E-state index is 0.131. The van der Waals surface area contributed by atoms with Gasteiger partial charge in [-0.1, -0.05) is 12.1 Å². The average molecular weight is 500 g/mol. The van der Waals surface area contributed by atoms with Crippen LogP contribution < -0.4 is 5.69 Å². The predicted octanol–water partition coefficient (Wildman–Crippen LogP) is 3.04. The van der Waals surface area contributed by atoms with Gasteiger partial charge in [-0.2, -0.15) is 18.3 Å². The molecule has 2 heterocycles. The summed E-state index contributed by atoms with van der Waals surface area (Å²) in [6.45, 7) is -0.152. The van der Waals surface area contributed by atoms with Crippen molar-refractivity contribution in [3.05, 3.63) is 87.1 Å². The zero-order valence-corrected chi connectivity index (χ0v) is 18.1. The quantitative estimate of drug-likeness (QED) is 0.431. The molecule has 35 heavy (non-hydrogen) atoms. The minimum Gasteiger partial charge on any atom is -0.393 e. The second kappa shape index (κ2) is 10.2. The standard InChI is InChI=1S/C22H21F5N4O4/c23-15-3-1-12(2-4-15)19-20(34-6-5-31(19)10-18-28-21(33)30-29-18)35-17(11-32)13-7-14(22(25,26)27)9-16(24)8-13/h1-4,7-9,17,19-20,32H,5-6,10-11H2,(H2,28,29,30,33)/t17-,19?,20?/m0/s1. The molecular weight excluding hydrogens is 479 g/mol. The maximum Gasteiger partial charge on any atom is 0.416 e. The Hall–Kier alpha value is -3.13. The van der Waals surface area contributed by atoms with Crippen molar-refractivity contribution >= 4 is 0 Å². The Kier molecular flexibility index (Phi) is 7.31. The smallest absolute Gasteiger partial charge is 0.393 e. The van der Waals surface area contributed by atoms with Gasteiger partial charge in [-0.25, -0.2) is 18.7 Å². The summed E-state index contributed by atoms with van der Waals surface area (Å²) >= 11 is 0. The number of hydrogen-bond acceptors (Lipinski definition) is 6. The lowest BCUT2D eigenvalue weighted by Crippen LogP contribution is -2.46. The molecule has 0 radical (unpaired) electrons. The summed E-state index contributed by atoms with van der Waals surface area (Å²) < 4.78 is 78.7. The number of hydrogen-bond donors (Lipinski definition) is 3. The third kappa shape index (κ3) is 5.93. The molecule has 0 saturated carbocycles.